The third-order valence-corrected chi connectivity index (χ3v) is 8.69. The number of carbonyl (C=O) groups is 1. The van der Waals surface area contributed by atoms with Crippen LogP contribution in [0.25, 0.3) is 11.3 Å². The van der Waals surface area contributed by atoms with E-state index < -0.39 is 33.5 Å². The molecule has 4 rings (SSSR count). The number of carbonyl (C=O) groups excluding carboxylic acids is 1. The van der Waals surface area contributed by atoms with Gasteiger partial charge in [0.05, 0.1) is 34.6 Å². The topological polar surface area (TPSA) is 106 Å². The number of hydrogen-bond donors (Lipinski definition) is 2. The van der Waals surface area contributed by atoms with E-state index >= 15 is 0 Å². The van der Waals surface area contributed by atoms with Crippen molar-refractivity contribution in [3.05, 3.63) is 94.4 Å². The second-order valence-corrected chi connectivity index (χ2v) is 12.2. The van der Waals surface area contributed by atoms with Gasteiger partial charge in [0.2, 0.25) is 0 Å². The van der Waals surface area contributed by atoms with E-state index in [2.05, 4.69) is 10.3 Å². The molecule has 40 heavy (non-hydrogen) atoms. The minimum atomic E-state index is -4.43. The lowest BCUT2D eigenvalue weighted by molar-refractivity contribution is -0.137. The van der Waals surface area contributed by atoms with E-state index in [1.54, 1.807) is 43.3 Å². The van der Waals surface area contributed by atoms with Gasteiger partial charge in [-0.3, -0.25) is 4.79 Å². The summed E-state index contributed by atoms with van der Waals surface area (Å²) in [6, 6.07) is 16.2. The lowest BCUT2D eigenvalue weighted by Gasteiger charge is -2.17. The molecule has 3 aromatic carbocycles. The molecule has 1 amide bonds. The SMILES string of the molecule is CCS(=O)(=O)c1ccc(C(CO)NC(=O)c2ccc(-c3nc(Oc4ccc(C(F)(F)F)cc4)sc3C)cc2)cc1. The van der Waals surface area contributed by atoms with Gasteiger partial charge in [-0.05, 0) is 61.0 Å². The molecule has 0 saturated heterocycles. The number of nitrogens with zero attached hydrogens (tertiary/aromatic N) is 1. The fourth-order valence-electron chi connectivity index (χ4n) is 3.83. The summed E-state index contributed by atoms with van der Waals surface area (Å²) in [6.07, 6.45) is -4.43. The number of halogens is 3. The smallest absolute Gasteiger partial charge is 0.416 e. The van der Waals surface area contributed by atoms with Crippen LogP contribution in [0.5, 0.6) is 10.9 Å². The largest absolute Gasteiger partial charge is 0.431 e. The van der Waals surface area contributed by atoms with E-state index in [1.807, 2.05) is 6.92 Å². The summed E-state index contributed by atoms with van der Waals surface area (Å²) in [5.74, 6) is -0.242. The average molecular weight is 591 g/mol. The van der Waals surface area contributed by atoms with Gasteiger partial charge >= 0.3 is 6.18 Å². The molecule has 7 nitrogen and oxygen atoms in total. The minimum Gasteiger partial charge on any atom is -0.431 e. The Balaban J connectivity index is 1.44. The summed E-state index contributed by atoms with van der Waals surface area (Å²) >= 11 is 1.24. The number of thiazole rings is 1. The summed E-state index contributed by atoms with van der Waals surface area (Å²) in [5, 5.41) is 12.8. The first-order chi connectivity index (χ1) is 18.9. The van der Waals surface area contributed by atoms with Gasteiger partial charge in [-0.1, -0.05) is 42.5 Å². The zero-order valence-corrected chi connectivity index (χ0v) is 23.0. The standard InChI is InChI=1S/C28H25F3N2O5S2/c1-3-40(36,37)23-14-8-18(9-15-23)24(16-34)32-26(35)20-6-4-19(5-7-20)25-17(2)39-27(33-25)38-22-12-10-21(11-13-22)28(29,30)31/h4-15,24,34H,3,16H2,1-2H3,(H,32,35). The first-order valence-corrected chi connectivity index (χ1v) is 14.6. The van der Waals surface area contributed by atoms with Crippen molar-refractivity contribution in [2.45, 2.75) is 31.0 Å². The first kappa shape index (κ1) is 29.2. The van der Waals surface area contributed by atoms with E-state index in [9.17, 15) is 31.5 Å². The molecular formula is C28H25F3N2O5S2. The summed E-state index contributed by atoms with van der Waals surface area (Å²) < 4.78 is 68.0. The average Bonchev–Trinajstić information content (AvgIpc) is 3.31. The van der Waals surface area contributed by atoms with E-state index in [4.69, 9.17) is 4.74 Å². The van der Waals surface area contributed by atoms with E-state index in [1.165, 1.54) is 35.6 Å². The van der Waals surface area contributed by atoms with Crippen molar-refractivity contribution in [3.63, 3.8) is 0 Å². The Hall–Kier alpha value is -3.74. The van der Waals surface area contributed by atoms with Crippen LogP contribution in [0.4, 0.5) is 13.2 Å². The number of aliphatic hydroxyl groups is 1. The fourth-order valence-corrected chi connectivity index (χ4v) is 5.51. The number of amides is 1. The van der Waals surface area contributed by atoms with E-state index in [0.717, 1.165) is 17.0 Å². The van der Waals surface area contributed by atoms with Crippen molar-refractivity contribution in [1.82, 2.24) is 10.3 Å². The van der Waals surface area contributed by atoms with Crippen molar-refractivity contribution in [2.75, 3.05) is 12.4 Å². The Morgan fingerprint density at radius 3 is 2.20 bits per heavy atom. The highest BCUT2D eigenvalue weighted by Crippen LogP contribution is 2.36. The van der Waals surface area contributed by atoms with Crippen LogP contribution < -0.4 is 10.1 Å². The van der Waals surface area contributed by atoms with E-state index in [-0.39, 0.29) is 28.2 Å². The van der Waals surface area contributed by atoms with Gasteiger partial charge in [0.25, 0.3) is 11.1 Å². The highest BCUT2D eigenvalue weighted by molar-refractivity contribution is 7.91. The second-order valence-electron chi connectivity index (χ2n) is 8.77. The first-order valence-electron chi connectivity index (χ1n) is 12.1. The van der Waals surface area contributed by atoms with Gasteiger partial charge in [-0.15, -0.1) is 0 Å². The number of aromatic nitrogens is 1. The molecule has 1 atom stereocenters. The lowest BCUT2D eigenvalue weighted by atomic mass is 10.1. The van der Waals surface area contributed by atoms with Crippen LogP contribution in [0, 0.1) is 6.92 Å². The fraction of sp³-hybridized carbons (Fsp3) is 0.214. The molecule has 0 fully saturated rings. The van der Waals surface area contributed by atoms with Crippen LogP contribution in [0.2, 0.25) is 0 Å². The molecule has 1 heterocycles. The molecule has 1 aromatic heterocycles. The molecule has 0 saturated carbocycles. The molecular weight excluding hydrogens is 565 g/mol. The van der Waals surface area contributed by atoms with Crippen molar-refractivity contribution < 1.29 is 36.2 Å². The number of aliphatic hydroxyl groups excluding tert-OH is 1. The Bertz CT molecular complexity index is 1580. The Labute approximate surface area is 233 Å². The normalized spacial score (nSPS) is 12.7. The van der Waals surface area contributed by atoms with Crippen LogP contribution in [-0.2, 0) is 16.0 Å². The number of sulfone groups is 1. The van der Waals surface area contributed by atoms with Gasteiger partial charge in [0.1, 0.15) is 5.75 Å². The maximum atomic E-state index is 12.8. The molecule has 4 aromatic rings. The zero-order chi connectivity index (χ0) is 29.1. The second kappa shape index (κ2) is 11.8. The van der Waals surface area contributed by atoms with Crippen molar-refractivity contribution in [2.24, 2.45) is 0 Å². The van der Waals surface area contributed by atoms with E-state index in [0.29, 0.717) is 22.4 Å². The number of nitrogens with one attached hydrogen (secondary N) is 1. The molecule has 0 bridgehead atoms. The minimum absolute atomic E-state index is 0.0313. The summed E-state index contributed by atoms with van der Waals surface area (Å²) in [7, 11) is -3.36. The third-order valence-electron chi connectivity index (χ3n) is 6.09. The Kier molecular flexibility index (Phi) is 8.62. The highest BCUT2D eigenvalue weighted by atomic mass is 32.2. The predicted molar refractivity (Wildman–Crippen MR) is 145 cm³/mol. The monoisotopic (exact) mass is 590 g/mol. The summed E-state index contributed by atoms with van der Waals surface area (Å²) in [5.41, 5.74) is 1.43. The maximum Gasteiger partial charge on any atom is 0.416 e. The Morgan fingerprint density at radius 2 is 1.65 bits per heavy atom. The third kappa shape index (κ3) is 6.69. The molecule has 0 spiro atoms. The highest BCUT2D eigenvalue weighted by Gasteiger charge is 2.30. The van der Waals surface area contributed by atoms with Crippen LogP contribution in [-0.4, -0.2) is 36.8 Å². The Morgan fingerprint density at radius 1 is 1.02 bits per heavy atom. The molecule has 0 aliphatic heterocycles. The van der Waals surface area contributed by atoms with Crippen molar-refractivity contribution in [3.8, 4) is 22.2 Å². The summed E-state index contributed by atoms with van der Waals surface area (Å²) in [4.78, 5) is 18.3. The molecule has 12 heteroatoms. The molecule has 2 N–H and O–H groups in total. The number of aryl methyl sites for hydroxylation is 1. The maximum absolute atomic E-state index is 12.8. The van der Waals surface area contributed by atoms with Crippen molar-refractivity contribution in [1.29, 1.82) is 0 Å². The van der Waals surface area contributed by atoms with Crippen LogP contribution in [0.1, 0.15) is 39.3 Å². The number of hydrogen-bond acceptors (Lipinski definition) is 7. The predicted octanol–water partition coefficient (Wildman–Crippen LogP) is 6.19. The molecule has 0 aliphatic carbocycles. The summed E-state index contributed by atoms with van der Waals surface area (Å²) in [6.45, 7) is 3.00. The molecule has 210 valence electrons. The van der Waals surface area contributed by atoms with Crippen LogP contribution in [0.3, 0.4) is 0 Å². The molecule has 0 radical (unpaired) electrons. The van der Waals surface area contributed by atoms with Crippen LogP contribution in [0.15, 0.2) is 77.7 Å². The molecule has 1 unspecified atom stereocenters. The van der Waals surface area contributed by atoms with Crippen molar-refractivity contribution >= 4 is 27.1 Å². The zero-order valence-electron chi connectivity index (χ0n) is 21.4. The molecule has 0 aliphatic rings. The quantitative estimate of drug-likeness (QED) is 0.241. The number of alkyl halides is 3. The van der Waals surface area contributed by atoms with Gasteiger partial charge in [-0.2, -0.15) is 13.2 Å². The lowest BCUT2D eigenvalue weighted by Crippen LogP contribution is -2.30. The van der Waals surface area contributed by atoms with Crippen LogP contribution >= 0.6 is 11.3 Å². The number of rotatable bonds is 9. The van der Waals surface area contributed by atoms with Gasteiger partial charge in [0.15, 0.2) is 9.84 Å². The number of ether oxygens (including phenoxy) is 1. The van der Waals surface area contributed by atoms with Gasteiger partial charge in [-0.25, -0.2) is 13.4 Å². The number of benzene rings is 3. The van der Waals surface area contributed by atoms with Gasteiger partial charge in [0, 0.05) is 16.0 Å². The van der Waals surface area contributed by atoms with Gasteiger partial charge < -0.3 is 15.2 Å².